The zero-order valence-electron chi connectivity index (χ0n) is 11.1. The van der Waals surface area contributed by atoms with Crippen LogP contribution in [0.15, 0.2) is 0 Å². The molecule has 2 fully saturated rings. The molecular formula is C13H24N2O2. The first-order chi connectivity index (χ1) is 8.05. The summed E-state index contributed by atoms with van der Waals surface area (Å²) in [5.74, 6) is 0.438. The number of carbonyl (C=O) groups excluding carboxylic acids is 1. The van der Waals surface area contributed by atoms with Crippen LogP contribution in [0.25, 0.3) is 0 Å². The Bertz CT molecular complexity index is 285. The molecule has 2 rings (SSSR count). The van der Waals surface area contributed by atoms with Crippen LogP contribution in [-0.4, -0.2) is 38.3 Å². The van der Waals surface area contributed by atoms with E-state index in [1.54, 1.807) is 7.11 Å². The largest absolute Gasteiger partial charge is 0.381 e. The van der Waals surface area contributed by atoms with Crippen LogP contribution < -0.4 is 10.6 Å². The Kier molecular flexibility index (Phi) is 3.73. The van der Waals surface area contributed by atoms with Crippen molar-refractivity contribution in [3.05, 3.63) is 0 Å². The first kappa shape index (κ1) is 12.8. The highest BCUT2D eigenvalue weighted by molar-refractivity contribution is 5.79. The summed E-state index contributed by atoms with van der Waals surface area (Å²) >= 11 is 0. The van der Waals surface area contributed by atoms with Gasteiger partial charge in [-0.3, -0.25) is 4.79 Å². The topological polar surface area (TPSA) is 50.4 Å². The van der Waals surface area contributed by atoms with Crippen LogP contribution >= 0.6 is 0 Å². The van der Waals surface area contributed by atoms with E-state index in [0.717, 1.165) is 32.4 Å². The van der Waals surface area contributed by atoms with Gasteiger partial charge in [-0.05, 0) is 32.4 Å². The predicted molar refractivity (Wildman–Crippen MR) is 66.7 cm³/mol. The highest BCUT2D eigenvalue weighted by Crippen LogP contribution is 2.42. The third kappa shape index (κ3) is 2.47. The number of amides is 1. The molecule has 2 atom stereocenters. The normalized spacial score (nSPS) is 32.9. The third-order valence-electron chi connectivity index (χ3n) is 4.49. The number of piperidine rings is 1. The lowest BCUT2D eigenvalue weighted by Crippen LogP contribution is -2.62. The lowest BCUT2D eigenvalue weighted by molar-refractivity contribution is -0.136. The van der Waals surface area contributed by atoms with Gasteiger partial charge in [0, 0.05) is 24.5 Å². The van der Waals surface area contributed by atoms with E-state index < -0.39 is 0 Å². The molecule has 0 bridgehead atoms. The van der Waals surface area contributed by atoms with Crippen molar-refractivity contribution in [2.45, 2.75) is 45.3 Å². The number of hydrogen-bond donors (Lipinski definition) is 2. The molecule has 1 saturated carbocycles. The Labute approximate surface area is 103 Å². The van der Waals surface area contributed by atoms with Crippen molar-refractivity contribution < 1.29 is 9.53 Å². The van der Waals surface area contributed by atoms with Gasteiger partial charge >= 0.3 is 0 Å². The van der Waals surface area contributed by atoms with Crippen molar-refractivity contribution in [1.82, 2.24) is 10.6 Å². The maximum atomic E-state index is 12.1. The van der Waals surface area contributed by atoms with Gasteiger partial charge in [0.2, 0.25) is 5.91 Å². The number of rotatable bonds is 3. The second-order valence-electron chi connectivity index (χ2n) is 5.87. The summed E-state index contributed by atoms with van der Waals surface area (Å²) in [7, 11) is 1.75. The molecule has 0 aromatic heterocycles. The summed E-state index contributed by atoms with van der Waals surface area (Å²) in [5.41, 5.74) is 0.0668. The smallest absolute Gasteiger partial charge is 0.223 e. The van der Waals surface area contributed by atoms with Gasteiger partial charge in [-0.2, -0.15) is 0 Å². The Balaban J connectivity index is 1.83. The molecule has 0 aromatic carbocycles. The summed E-state index contributed by atoms with van der Waals surface area (Å²) in [6, 6.07) is 0.273. The molecule has 0 aromatic rings. The van der Waals surface area contributed by atoms with Crippen molar-refractivity contribution in [2.24, 2.45) is 11.3 Å². The van der Waals surface area contributed by atoms with Gasteiger partial charge in [-0.1, -0.05) is 13.8 Å². The van der Waals surface area contributed by atoms with E-state index in [4.69, 9.17) is 4.74 Å². The second kappa shape index (κ2) is 4.94. The van der Waals surface area contributed by atoms with Crippen LogP contribution in [0.1, 0.15) is 33.1 Å². The molecule has 1 aliphatic carbocycles. The van der Waals surface area contributed by atoms with Crippen LogP contribution in [0.2, 0.25) is 0 Å². The zero-order valence-corrected chi connectivity index (χ0v) is 11.1. The molecule has 2 N–H and O–H groups in total. The van der Waals surface area contributed by atoms with E-state index in [9.17, 15) is 4.79 Å². The molecule has 0 spiro atoms. The number of hydrogen-bond acceptors (Lipinski definition) is 3. The average molecular weight is 240 g/mol. The minimum atomic E-state index is 0.0668. The van der Waals surface area contributed by atoms with Gasteiger partial charge in [-0.15, -0.1) is 0 Å². The van der Waals surface area contributed by atoms with Crippen molar-refractivity contribution in [3.8, 4) is 0 Å². The van der Waals surface area contributed by atoms with Crippen molar-refractivity contribution >= 4 is 5.91 Å². The Morgan fingerprint density at radius 1 is 1.35 bits per heavy atom. The highest BCUT2D eigenvalue weighted by atomic mass is 16.5. The lowest BCUT2D eigenvalue weighted by atomic mass is 9.64. The van der Waals surface area contributed by atoms with Gasteiger partial charge in [0.05, 0.1) is 6.10 Å². The first-order valence-corrected chi connectivity index (χ1v) is 6.59. The quantitative estimate of drug-likeness (QED) is 0.771. The van der Waals surface area contributed by atoms with Gasteiger partial charge in [0.25, 0.3) is 0 Å². The number of methoxy groups -OCH3 is 1. The molecule has 2 aliphatic rings. The van der Waals surface area contributed by atoms with E-state index in [1.807, 2.05) is 0 Å². The SMILES string of the molecule is COC1CC(NC(=O)C2CCNCC2)C1(C)C. The molecule has 1 heterocycles. The third-order valence-corrected chi connectivity index (χ3v) is 4.49. The van der Waals surface area contributed by atoms with Crippen LogP contribution in [0.3, 0.4) is 0 Å². The summed E-state index contributed by atoms with van der Waals surface area (Å²) in [6.45, 7) is 6.26. The standard InChI is InChI=1S/C13H24N2O2/c1-13(2)10(8-11(13)17-3)15-12(16)9-4-6-14-7-5-9/h9-11,14H,4-8H2,1-3H3,(H,15,16). The second-order valence-corrected chi connectivity index (χ2v) is 5.87. The van der Waals surface area contributed by atoms with E-state index in [-0.39, 0.29) is 29.4 Å². The van der Waals surface area contributed by atoms with E-state index >= 15 is 0 Å². The van der Waals surface area contributed by atoms with E-state index in [2.05, 4.69) is 24.5 Å². The summed E-state index contributed by atoms with van der Waals surface area (Å²) in [4.78, 5) is 12.1. The van der Waals surface area contributed by atoms with Gasteiger partial charge in [-0.25, -0.2) is 0 Å². The number of ether oxygens (including phenoxy) is 1. The molecule has 4 nitrogen and oxygen atoms in total. The average Bonchev–Trinajstić information content (AvgIpc) is 2.34. The van der Waals surface area contributed by atoms with E-state index in [0.29, 0.717) is 0 Å². The molecule has 1 amide bonds. The molecule has 4 heteroatoms. The molecule has 98 valence electrons. The van der Waals surface area contributed by atoms with Crippen LogP contribution in [0, 0.1) is 11.3 Å². The lowest BCUT2D eigenvalue weighted by Gasteiger charge is -2.51. The first-order valence-electron chi connectivity index (χ1n) is 6.59. The molecular weight excluding hydrogens is 216 g/mol. The zero-order chi connectivity index (χ0) is 12.5. The molecule has 17 heavy (non-hydrogen) atoms. The van der Waals surface area contributed by atoms with E-state index in [1.165, 1.54) is 0 Å². The summed E-state index contributed by atoms with van der Waals surface area (Å²) in [6.07, 6.45) is 3.15. The van der Waals surface area contributed by atoms with Crippen LogP contribution in [0.5, 0.6) is 0 Å². The van der Waals surface area contributed by atoms with Crippen LogP contribution in [-0.2, 0) is 9.53 Å². The van der Waals surface area contributed by atoms with Gasteiger partial charge in [0.1, 0.15) is 0 Å². The van der Waals surface area contributed by atoms with Gasteiger partial charge < -0.3 is 15.4 Å². The Morgan fingerprint density at radius 2 is 2.00 bits per heavy atom. The fourth-order valence-electron chi connectivity index (χ4n) is 2.90. The monoisotopic (exact) mass is 240 g/mol. The number of nitrogens with one attached hydrogen (secondary N) is 2. The summed E-state index contributed by atoms with van der Waals surface area (Å²) in [5, 5.41) is 6.48. The number of carbonyl (C=O) groups is 1. The maximum absolute atomic E-state index is 12.1. The van der Waals surface area contributed by atoms with Crippen molar-refractivity contribution in [3.63, 3.8) is 0 Å². The van der Waals surface area contributed by atoms with Crippen LogP contribution in [0.4, 0.5) is 0 Å². The van der Waals surface area contributed by atoms with Gasteiger partial charge in [0.15, 0.2) is 0 Å². The summed E-state index contributed by atoms with van der Waals surface area (Å²) < 4.78 is 5.40. The van der Waals surface area contributed by atoms with Crippen molar-refractivity contribution in [2.75, 3.05) is 20.2 Å². The highest BCUT2D eigenvalue weighted by Gasteiger charge is 2.49. The molecule has 0 radical (unpaired) electrons. The Hall–Kier alpha value is -0.610. The van der Waals surface area contributed by atoms with Crippen molar-refractivity contribution in [1.29, 1.82) is 0 Å². The Morgan fingerprint density at radius 3 is 2.53 bits per heavy atom. The fraction of sp³-hybridized carbons (Fsp3) is 0.923. The predicted octanol–water partition coefficient (Wildman–Crippen LogP) is 0.916. The molecule has 1 aliphatic heterocycles. The minimum absolute atomic E-state index is 0.0668. The molecule has 1 saturated heterocycles. The molecule has 2 unspecified atom stereocenters. The maximum Gasteiger partial charge on any atom is 0.223 e. The fourth-order valence-corrected chi connectivity index (χ4v) is 2.90. The minimum Gasteiger partial charge on any atom is -0.381 e.